The first-order valence-electron chi connectivity index (χ1n) is 11.1. The highest BCUT2D eigenvalue weighted by Gasteiger charge is 2.35. The zero-order valence-electron chi connectivity index (χ0n) is 18.0. The average molecular weight is 420 g/mol. The van der Waals surface area contributed by atoms with E-state index in [-0.39, 0.29) is 17.7 Å². The summed E-state index contributed by atoms with van der Waals surface area (Å²) >= 11 is 0. The minimum Gasteiger partial charge on any atom is -0.352 e. The number of fused-ring (bicyclic) bond motifs is 1. The first-order valence-corrected chi connectivity index (χ1v) is 11.1. The van der Waals surface area contributed by atoms with Crippen molar-refractivity contribution in [3.8, 4) is 0 Å². The zero-order valence-corrected chi connectivity index (χ0v) is 18.0. The zero-order chi connectivity index (χ0) is 21.8. The molecule has 2 aromatic rings. The standard InChI is InChI=1S/C25H29N3O3/c1-18(17-27-12-5-6-13-27)16-26-23(29)20-9-10-21-22(15-20)25(31)28(24(21)30)14-11-19-7-3-2-4-8-19/h2-4,7-10,15,18H,5-6,11-14,16-17H2,1H3,(H,26,29). The molecule has 2 heterocycles. The normalized spacial score (nSPS) is 17.1. The second-order valence-electron chi connectivity index (χ2n) is 8.58. The molecule has 0 bridgehead atoms. The number of hydrogen-bond donors (Lipinski definition) is 1. The van der Waals surface area contributed by atoms with Gasteiger partial charge in [0, 0.05) is 25.2 Å². The minimum absolute atomic E-state index is 0.209. The fourth-order valence-electron chi connectivity index (χ4n) is 4.36. The van der Waals surface area contributed by atoms with Crippen LogP contribution in [0.4, 0.5) is 0 Å². The number of nitrogens with zero attached hydrogens (tertiary/aromatic N) is 2. The van der Waals surface area contributed by atoms with E-state index in [0.717, 1.165) is 25.2 Å². The van der Waals surface area contributed by atoms with Gasteiger partial charge in [-0.3, -0.25) is 19.3 Å². The van der Waals surface area contributed by atoms with Gasteiger partial charge in [0.05, 0.1) is 11.1 Å². The Morgan fingerprint density at radius 2 is 1.71 bits per heavy atom. The second kappa shape index (κ2) is 9.43. The van der Waals surface area contributed by atoms with Gasteiger partial charge in [-0.05, 0) is 62.0 Å². The van der Waals surface area contributed by atoms with Gasteiger partial charge < -0.3 is 10.2 Å². The molecule has 1 unspecified atom stereocenters. The maximum absolute atomic E-state index is 12.8. The average Bonchev–Trinajstić information content (AvgIpc) is 3.38. The number of carbonyl (C=O) groups is 3. The molecule has 2 aliphatic heterocycles. The van der Waals surface area contributed by atoms with Crippen LogP contribution >= 0.6 is 0 Å². The van der Waals surface area contributed by atoms with Crippen molar-refractivity contribution in [2.45, 2.75) is 26.2 Å². The van der Waals surface area contributed by atoms with Gasteiger partial charge >= 0.3 is 0 Å². The van der Waals surface area contributed by atoms with Crippen LogP contribution < -0.4 is 5.32 Å². The van der Waals surface area contributed by atoms with Crippen LogP contribution in [0.5, 0.6) is 0 Å². The van der Waals surface area contributed by atoms with Crippen LogP contribution in [-0.4, -0.2) is 60.2 Å². The summed E-state index contributed by atoms with van der Waals surface area (Å²) in [5.41, 5.74) is 2.17. The summed E-state index contributed by atoms with van der Waals surface area (Å²) in [5.74, 6) is -0.470. The van der Waals surface area contributed by atoms with E-state index in [1.165, 1.54) is 17.7 Å². The van der Waals surface area contributed by atoms with Crippen LogP contribution in [-0.2, 0) is 6.42 Å². The number of rotatable bonds is 8. The molecule has 4 rings (SSSR count). The maximum Gasteiger partial charge on any atom is 0.261 e. The highest BCUT2D eigenvalue weighted by molar-refractivity contribution is 6.22. The van der Waals surface area contributed by atoms with E-state index < -0.39 is 0 Å². The van der Waals surface area contributed by atoms with Crippen molar-refractivity contribution in [1.29, 1.82) is 0 Å². The number of carbonyl (C=O) groups excluding carboxylic acids is 3. The molecular weight excluding hydrogens is 390 g/mol. The number of amides is 3. The van der Waals surface area contributed by atoms with Crippen LogP contribution in [0.2, 0.25) is 0 Å². The van der Waals surface area contributed by atoms with Gasteiger partial charge in [-0.1, -0.05) is 37.3 Å². The molecule has 1 saturated heterocycles. The first kappa shape index (κ1) is 21.2. The van der Waals surface area contributed by atoms with Gasteiger partial charge in [-0.2, -0.15) is 0 Å². The maximum atomic E-state index is 12.8. The fourth-order valence-corrected chi connectivity index (χ4v) is 4.36. The van der Waals surface area contributed by atoms with Crippen molar-refractivity contribution in [1.82, 2.24) is 15.1 Å². The van der Waals surface area contributed by atoms with Crippen molar-refractivity contribution >= 4 is 17.7 Å². The molecule has 2 aromatic carbocycles. The summed E-state index contributed by atoms with van der Waals surface area (Å²) in [6.45, 7) is 6.30. The Labute approximate surface area is 183 Å². The third-order valence-electron chi connectivity index (χ3n) is 6.08. The number of benzene rings is 2. The summed E-state index contributed by atoms with van der Waals surface area (Å²) in [6.07, 6.45) is 3.11. The molecule has 0 saturated carbocycles. The number of likely N-dealkylation sites (tertiary alicyclic amines) is 1. The van der Waals surface area contributed by atoms with Gasteiger partial charge in [-0.25, -0.2) is 0 Å². The van der Waals surface area contributed by atoms with Crippen molar-refractivity contribution < 1.29 is 14.4 Å². The molecule has 31 heavy (non-hydrogen) atoms. The molecular formula is C25H29N3O3. The van der Waals surface area contributed by atoms with E-state index in [4.69, 9.17) is 0 Å². The summed E-state index contributed by atoms with van der Waals surface area (Å²) in [4.78, 5) is 41.9. The topological polar surface area (TPSA) is 69.7 Å². The third kappa shape index (κ3) is 4.85. The van der Waals surface area contributed by atoms with E-state index in [2.05, 4.69) is 17.1 Å². The molecule has 2 aliphatic rings. The number of nitrogens with one attached hydrogen (secondary N) is 1. The van der Waals surface area contributed by atoms with Crippen LogP contribution in [0, 0.1) is 5.92 Å². The highest BCUT2D eigenvalue weighted by Crippen LogP contribution is 2.24. The van der Waals surface area contributed by atoms with E-state index in [1.807, 2.05) is 30.3 Å². The monoisotopic (exact) mass is 419 g/mol. The van der Waals surface area contributed by atoms with Crippen LogP contribution in [0.1, 0.15) is 56.4 Å². The minimum atomic E-state index is -0.326. The summed E-state index contributed by atoms with van der Waals surface area (Å²) in [5, 5.41) is 2.97. The summed E-state index contributed by atoms with van der Waals surface area (Å²) in [6, 6.07) is 14.6. The lowest BCUT2D eigenvalue weighted by atomic mass is 10.0. The molecule has 6 heteroatoms. The highest BCUT2D eigenvalue weighted by atomic mass is 16.2. The first-order chi connectivity index (χ1) is 15.0. The van der Waals surface area contributed by atoms with Gasteiger partial charge in [0.2, 0.25) is 0 Å². The van der Waals surface area contributed by atoms with Gasteiger partial charge in [0.1, 0.15) is 0 Å². The molecule has 3 amide bonds. The Bertz CT molecular complexity index is 967. The Morgan fingerprint density at radius 1 is 1.00 bits per heavy atom. The molecule has 0 aromatic heterocycles. The van der Waals surface area contributed by atoms with E-state index >= 15 is 0 Å². The second-order valence-corrected chi connectivity index (χ2v) is 8.58. The number of hydrogen-bond acceptors (Lipinski definition) is 4. The molecule has 0 radical (unpaired) electrons. The molecule has 1 atom stereocenters. The van der Waals surface area contributed by atoms with Crippen LogP contribution in [0.15, 0.2) is 48.5 Å². The van der Waals surface area contributed by atoms with Gasteiger partial charge in [-0.15, -0.1) is 0 Å². The van der Waals surface area contributed by atoms with Gasteiger partial charge in [0.25, 0.3) is 17.7 Å². The quantitative estimate of drug-likeness (QED) is 0.668. The lowest BCUT2D eigenvalue weighted by Crippen LogP contribution is -2.34. The Hall–Kier alpha value is -2.99. The van der Waals surface area contributed by atoms with Gasteiger partial charge in [0.15, 0.2) is 0 Å². The van der Waals surface area contributed by atoms with Crippen LogP contribution in [0.25, 0.3) is 0 Å². The Balaban J connectivity index is 1.36. The molecule has 1 fully saturated rings. The largest absolute Gasteiger partial charge is 0.352 e. The smallest absolute Gasteiger partial charge is 0.261 e. The molecule has 6 nitrogen and oxygen atoms in total. The predicted molar refractivity (Wildman–Crippen MR) is 119 cm³/mol. The Morgan fingerprint density at radius 3 is 2.45 bits per heavy atom. The van der Waals surface area contributed by atoms with Crippen molar-refractivity contribution in [3.63, 3.8) is 0 Å². The summed E-state index contributed by atoms with van der Waals surface area (Å²) in [7, 11) is 0. The van der Waals surface area contributed by atoms with Crippen molar-refractivity contribution in [2.24, 2.45) is 5.92 Å². The molecule has 0 spiro atoms. The van der Waals surface area contributed by atoms with E-state index in [9.17, 15) is 14.4 Å². The lowest BCUT2D eigenvalue weighted by molar-refractivity contribution is 0.0656. The third-order valence-corrected chi connectivity index (χ3v) is 6.08. The molecule has 162 valence electrons. The van der Waals surface area contributed by atoms with Crippen molar-refractivity contribution in [2.75, 3.05) is 32.7 Å². The van der Waals surface area contributed by atoms with Crippen molar-refractivity contribution in [3.05, 3.63) is 70.8 Å². The number of imide groups is 1. The molecule has 0 aliphatic carbocycles. The predicted octanol–water partition coefficient (Wildman–Crippen LogP) is 2.99. The molecule has 1 N–H and O–H groups in total. The summed E-state index contributed by atoms with van der Waals surface area (Å²) < 4.78 is 0. The fraction of sp³-hybridized carbons (Fsp3) is 0.400. The lowest BCUT2D eigenvalue weighted by Gasteiger charge is -2.20. The van der Waals surface area contributed by atoms with E-state index in [1.54, 1.807) is 18.2 Å². The Kier molecular flexibility index (Phi) is 6.47. The van der Waals surface area contributed by atoms with Crippen LogP contribution in [0.3, 0.4) is 0 Å². The SMILES string of the molecule is CC(CNC(=O)c1ccc2c(c1)C(=O)N(CCc1ccccc1)C2=O)CN1CCCC1. The van der Waals surface area contributed by atoms with E-state index in [0.29, 0.717) is 42.1 Å².